The summed E-state index contributed by atoms with van der Waals surface area (Å²) in [6.45, 7) is 4.96. The van der Waals surface area contributed by atoms with Gasteiger partial charge in [-0.3, -0.25) is 4.90 Å². The molecule has 1 fully saturated rings. The standard InChI is InChI=1S/C26H24N6O/c33-26-29-28-25-17-22(21-5-1-2-6-23(21)32(25)26)20-10-8-19(9-11-20)18-30-13-15-31(16-14-30)24-7-3-4-12-27-24/h1-12,17H,13-16,18H2,(H,29,33). The molecule has 1 aliphatic heterocycles. The van der Waals surface area contributed by atoms with Crippen molar-refractivity contribution >= 4 is 22.4 Å². The highest BCUT2D eigenvalue weighted by Gasteiger charge is 2.18. The van der Waals surface area contributed by atoms with E-state index in [1.54, 1.807) is 4.40 Å². The fourth-order valence-electron chi connectivity index (χ4n) is 4.70. The molecule has 0 atom stereocenters. The van der Waals surface area contributed by atoms with Crippen molar-refractivity contribution in [1.29, 1.82) is 0 Å². The van der Waals surface area contributed by atoms with Gasteiger partial charge in [-0.2, -0.15) is 5.10 Å². The number of hydrogen-bond acceptors (Lipinski definition) is 5. The summed E-state index contributed by atoms with van der Waals surface area (Å²) in [4.78, 5) is 21.5. The lowest BCUT2D eigenvalue weighted by Gasteiger charge is -2.35. The van der Waals surface area contributed by atoms with E-state index in [4.69, 9.17) is 0 Å². The Hall–Kier alpha value is -3.97. The van der Waals surface area contributed by atoms with Crippen LogP contribution in [-0.2, 0) is 6.54 Å². The normalized spacial score (nSPS) is 14.8. The molecule has 0 saturated carbocycles. The van der Waals surface area contributed by atoms with Crippen molar-refractivity contribution in [1.82, 2.24) is 24.5 Å². The maximum absolute atomic E-state index is 12.2. The van der Waals surface area contributed by atoms with E-state index in [1.165, 1.54) is 5.56 Å². The lowest BCUT2D eigenvalue weighted by atomic mass is 9.99. The fraction of sp³-hybridized carbons (Fsp3) is 0.192. The topological polar surface area (TPSA) is 69.5 Å². The lowest BCUT2D eigenvalue weighted by molar-refractivity contribution is 0.249. The van der Waals surface area contributed by atoms with Crippen LogP contribution in [0.2, 0.25) is 0 Å². The first-order chi connectivity index (χ1) is 16.3. The molecule has 0 bridgehead atoms. The molecule has 33 heavy (non-hydrogen) atoms. The Morgan fingerprint density at radius 3 is 2.45 bits per heavy atom. The SMILES string of the molecule is O=c1[nH]nc2cc(-c3ccc(CN4CCN(c5ccccn5)CC4)cc3)c3ccccc3n12. The second-order valence-corrected chi connectivity index (χ2v) is 8.45. The van der Waals surface area contributed by atoms with Gasteiger partial charge < -0.3 is 4.90 Å². The predicted octanol–water partition coefficient (Wildman–Crippen LogP) is 3.56. The number of nitrogens with one attached hydrogen (secondary N) is 1. The van der Waals surface area contributed by atoms with Crippen LogP contribution in [0.4, 0.5) is 5.82 Å². The molecule has 1 N–H and O–H groups in total. The number of rotatable bonds is 4. The number of aromatic nitrogens is 4. The minimum Gasteiger partial charge on any atom is -0.354 e. The molecule has 4 heterocycles. The minimum absolute atomic E-state index is 0.216. The zero-order valence-electron chi connectivity index (χ0n) is 18.2. The highest BCUT2D eigenvalue weighted by Crippen LogP contribution is 2.30. The average molecular weight is 437 g/mol. The van der Waals surface area contributed by atoms with Crippen LogP contribution in [-0.4, -0.2) is 50.7 Å². The van der Waals surface area contributed by atoms with Crippen LogP contribution in [0.25, 0.3) is 27.7 Å². The number of para-hydroxylation sites is 1. The third-order valence-corrected chi connectivity index (χ3v) is 6.42. The molecule has 5 aromatic rings. The van der Waals surface area contributed by atoms with Crippen molar-refractivity contribution in [3.63, 3.8) is 0 Å². The van der Waals surface area contributed by atoms with Gasteiger partial charge in [0.1, 0.15) is 5.82 Å². The van der Waals surface area contributed by atoms with Crippen LogP contribution in [0.15, 0.2) is 83.8 Å². The summed E-state index contributed by atoms with van der Waals surface area (Å²) in [5.74, 6) is 1.06. The molecule has 0 aliphatic carbocycles. The van der Waals surface area contributed by atoms with E-state index in [0.717, 1.165) is 60.6 Å². The summed E-state index contributed by atoms with van der Waals surface area (Å²) in [7, 11) is 0. The number of anilines is 1. The van der Waals surface area contributed by atoms with Gasteiger partial charge in [-0.1, -0.05) is 48.5 Å². The van der Waals surface area contributed by atoms with Gasteiger partial charge >= 0.3 is 5.69 Å². The average Bonchev–Trinajstić information content (AvgIpc) is 3.26. The molecule has 3 aromatic heterocycles. The van der Waals surface area contributed by atoms with Crippen LogP contribution in [0.5, 0.6) is 0 Å². The molecule has 6 rings (SSSR count). The van der Waals surface area contributed by atoms with Crippen molar-refractivity contribution in [2.24, 2.45) is 0 Å². The highest BCUT2D eigenvalue weighted by molar-refractivity contribution is 5.97. The Labute approximate surface area is 190 Å². The molecule has 0 amide bonds. The van der Waals surface area contributed by atoms with Gasteiger partial charge in [-0.25, -0.2) is 19.3 Å². The van der Waals surface area contributed by atoms with Crippen LogP contribution in [0.1, 0.15) is 5.56 Å². The summed E-state index contributed by atoms with van der Waals surface area (Å²) in [6, 6.07) is 24.8. The van der Waals surface area contributed by atoms with Gasteiger partial charge in [-0.05, 0) is 41.0 Å². The van der Waals surface area contributed by atoms with Gasteiger partial charge in [0.15, 0.2) is 5.65 Å². The summed E-state index contributed by atoms with van der Waals surface area (Å²) >= 11 is 0. The van der Waals surface area contributed by atoms with E-state index in [-0.39, 0.29) is 5.69 Å². The van der Waals surface area contributed by atoms with E-state index < -0.39 is 0 Å². The quantitative estimate of drug-likeness (QED) is 0.467. The number of piperazine rings is 1. The van der Waals surface area contributed by atoms with Crippen molar-refractivity contribution in [3.8, 4) is 11.1 Å². The number of hydrogen-bond donors (Lipinski definition) is 1. The van der Waals surface area contributed by atoms with E-state index in [0.29, 0.717) is 5.65 Å². The zero-order valence-corrected chi connectivity index (χ0v) is 18.2. The van der Waals surface area contributed by atoms with E-state index >= 15 is 0 Å². The third kappa shape index (κ3) is 3.66. The van der Waals surface area contributed by atoms with Crippen LogP contribution >= 0.6 is 0 Å². The Morgan fingerprint density at radius 2 is 1.67 bits per heavy atom. The van der Waals surface area contributed by atoms with Crippen molar-refractivity contribution in [2.45, 2.75) is 6.54 Å². The molecule has 2 aromatic carbocycles. The maximum atomic E-state index is 12.2. The van der Waals surface area contributed by atoms with E-state index in [2.05, 4.69) is 61.4 Å². The third-order valence-electron chi connectivity index (χ3n) is 6.42. The van der Waals surface area contributed by atoms with E-state index in [9.17, 15) is 4.79 Å². The van der Waals surface area contributed by atoms with Gasteiger partial charge in [0.25, 0.3) is 0 Å². The summed E-state index contributed by atoms with van der Waals surface area (Å²) in [5, 5.41) is 7.78. The maximum Gasteiger partial charge on any atom is 0.348 e. The molecule has 7 nitrogen and oxygen atoms in total. The molecule has 1 aliphatic rings. The second-order valence-electron chi connectivity index (χ2n) is 8.45. The first-order valence-electron chi connectivity index (χ1n) is 11.2. The zero-order chi connectivity index (χ0) is 22.2. The van der Waals surface area contributed by atoms with Crippen LogP contribution in [0.3, 0.4) is 0 Å². The number of fused-ring (bicyclic) bond motifs is 3. The van der Waals surface area contributed by atoms with Gasteiger partial charge in [0.2, 0.25) is 0 Å². The molecule has 164 valence electrons. The number of aromatic amines is 1. The molecule has 0 unspecified atom stereocenters. The Bertz CT molecular complexity index is 1460. The summed E-state index contributed by atoms with van der Waals surface area (Å²) in [6.07, 6.45) is 1.86. The Balaban J connectivity index is 1.21. The van der Waals surface area contributed by atoms with Crippen molar-refractivity contribution in [3.05, 3.63) is 95.0 Å². The number of benzene rings is 2. The largest absolute Gasteiger partial charge is 0.354 e. The van der Waals surface area contributed by atoms with Crippen molar-refractivity contribution < 1.29 is 0 Å². The second kappa shape index (κ2) is 8.18. The fourth-order valence-corrected chi connectivity index (χ4v) is 4.70. The molecule has 7 heteroatoms. The smallest absolute Gasteiger partial charge is 0.348 e. The molecule has 0 radical (unpaired) electrons. The summed E-state index contributed by atoms with van der Waals surface area (Å²) < 4.78 is 1.62. The molecular formula is C26H24N6O. The van der Waals surface area contributed by atoms with Gasteiger partial charge in [-0.15, -0.1) is 0 Å². The molecule has 0 spiro atoms. The van der Waals surface area contributed by atoms with E-state index in [1.807, 2.05) is 42.6 Å². The number of pyridine rings is 2. The highest BCUT2D eigenvalue weighted by atomic mass is 16.1. The number of nitrogens with zero attached hydrogens (tertiary/aromatic N) is 5. The van der Waals surface area contributed by atoms with Gasteiger partial charge in [0.05, 0.1) is 5.52 Å². The van der Waals surface area contributed by atoms with Gasteiger partial charge in [0, 0.05) is 44.3 Å². The monoisotopic (exact) mass is 436 g/mol. The Kier molecular flexibility index (Phi) is 4.88. The molecular weight excluding hydrogens is 412 g/mol. The van der Waals surface area contributed by atoms with Crippen LogP contribution < -0.4 is 10.6 Å². The number of H-pyrrole nitrogens is 1. The predicted molar refractivity (Wildman–Crippen MR) is 130 cm³/mol. The minimum atomic E-state index is -0.216. The first-order valence-corrected chi connectivity index (χ1v) is 11.2. The van der Waals surface area contributed by atoms with Crippen LogP contribution in [0, 0.1) is 0 Å². The Morgan fingerprint density at radius 1 is 0.879 bits per heavy atom. The first kappa shape index (κ1) is 19.7. The lowest BCUT2D eigenvalue weighted by Crippen LogP contribution is -2.46. The molecule has 1 saturated heterocycles. The van der Waals surface area contributed by atoms with Crippen molar-refractivity contribution in [2.75, 3.05) is 31.1 Å². The summed E-state index contributed by atoms with van der Waals surface area (Å²) in [5.41, 5.74) is 4.76.